The van der Waals surface area contributed by atoms with Crippen LogP contribution in [0.15, 0.2) is 216 Å². The third-order valence-corrected chi connectivity index (χ3v) is 10.4. The highest BCUT2D eigenvalue weighted by Gasteiger charge is 2.13. The van der Waals surface area contributed by atoms with Crippen LogP contribution < -0.4 is 0 Å². The third kappa shape index (κ3) is 8.96. The zero-order chi connectivity index (χ0) is 38.8. The monoisotopic (exact) mass is 735 g/mol. The lowest BCUT2D eigenvalue weighted by atomic mass is 9.93. The predicted molar refractivity (Wildman–Crippen MR) is 241 cm³/mol. The molecule has 7 aromatic rings. The van der Waals surface area contributed by atoms with E-state index in [4.69, 9.17) is 15.0 Å². The van der Waals surface area contributed by atoms with Gasteiger partial charge in [-0.05, 0) is 83.4 Å². The van der Waals surface area contributed by atoms with Gasteiger partial charge in [-0.3, -0.25) is 4.99 Å². The number of aliphatic imine (C=N–C) groups is 1. The summed E-state index contributed by atoms with van der Waals surface area (Å²) in [5.41, 5.74) is 16.6. The van der Waals surface area contributed by atoms with Crippen molar-refractivity contribution in [2.75, 3.05) is 0 Å². The van der Waals surface area contributed by atoms with Crippen molar-refractivity contribution in [3.63, 3.8) is 0 Å². The predicted octanol–water partition coefficient (Wildman–Crippen LogP) is 14.1. The van der Waals surface area contributed by atoms with Crippen LogP contribution in [0, 0.1) is 0 Å². The highest BCUT2D eigenvalue weighted by Crippen LogP contribution is 2.31. The Morgan fingerprint density at radius 1 is 0.561 bits per heavy atom. The van der Waals surface area contributed by atoms with E-state index >= 15 is 0 Å². The summed E-state index contributed by atoms with van der Waals surface area (Å²) in [6.07, 6.45) is 13.5. The summed E-state index contributed by atoms with van der Waals surface area (Å²) in [5, 5.41) is 0. The fraction of sp³-hybridized carbons (Fsp3) is 0.0926. The normalized spacial score (nSPS) is 13.4. The molecule has 57 heavy (non-hydrogen) atoms. The molecule has 0 amide bonds. The number of rotatable bonds is 11. The second-order valence-electron chi connectivity index (χ2n) is 14.3. The second-order valence-corrected chi connectivity index (χ2v) is 14.3. The van der Waals surface area contributed by atoms with Gasteiger partial charge in [-0.1, -0.05) is 188 Å². The van der Waals surface area contributed by atoms with Crippen molar-refractivity contribution in [2.24, 2.45) is 4.99 Å². The molecule has 1 aliphatic carbocycles. The SMILES string of the molecule is C\C=C(/C=C(\C(C)=N\Cc1ccc(-c2ccc(-c3cc(-c4ccc(-c5ccccc5)cc4)nc(-c4ccccc4)n3)cc2)cc1)c1ccccc1)C1=CCCC=C1. The van der Waals surface area contributed by atoms with E-state index in [2.05, 4.69) is 190 Å². The Morgan fingerprint density at radius 3 is 1.58 bits per heavy atom. The summed E-state index contributed by atoms with van der Waals surface area (Å²) in [6.45, 7) is 4.84. The van der Waals surface area contributed by atoms with E-state index in [0.717, 1.165) is 63.3 Å². The molecule has 0 aliphatic heterocycles. The number of nitrogens with zero attached hydrogens (tertiary/aromatic N) is 3. The van der Waals surface area contributed by atoms with E-state index in [1.54, 1.807) is 0 Å². The summed E-state index contributed by atoms with van der Waals surface area (Å²) < 4.78 is 0. The van der Waals surface area contributed by atoms with Crippen LogP contribution in [0.4, 0.5) is 0 Å². The second kappa shape index (κ2) is 17.7. The first-order valence-electron chi connectivity index (χ1n) is 19.7. The molecule has 0 bridgehead atoms. The molecule has 0 atom stereocenters. The Balaban J connectivity index is 1.02. The summed E-state index contributed by atoms with van der Waals surface area (Å²) in [4.78, 5) is 15.2. The van der Waals surface area contributed by atoms with Gasteiger partial charge in [0.2, 0.25) is 0 Å². The van der Waals surface area contributed by atoms with Crippen LogP contribution in [0.25, 0.3) is 61.7 Å². The van der Waals surface area contributed by atoms with Crippen LogP contribution in [0.3, 0.4) is 0 Å². The molecule has 3 heteroatoms. The van der Waals surface area contributed by atoms with Crippen LogP contribution in [0.1, 0.15) is 37.8 Å². The fourth-order valence-corrected chi connectivity index (χ4v) is 7.19. The average Bonchev–Trinajstić information content (AvgIpc) is 3.30. The third-order valence-electron chi connectivity index (χ3n) is 10.4. The molecule has 0 radical (unpaired) electrons. The highest BCUT2D eigenvalue weighted by atomic mass is 14.9. The van der Waals surface area contributed by atoms with E-state index in [0.29, 0.717) is 12.4 Å². The van der Waals surface area contributed by atoms with Crippen molar-refractivity contribution in [2.45, 2.75) is 33.2 Å². The minimum Gasteiger partial charge on any atom is -0.285 e. The first-order valence-corrected chi connectivity index (χ1v) is 19.7. The van der Waals surface area contributed by atoms with E-state index in [-0.39, 0.29) is 0 Å². The number of aromatic nitrogens is 2. The maximum atomic E-state index is 5.10. The van der Waals surface area contributed by atoms with Gasteiger partial charge in [-0.25, -0.2) is 9.97 Å². The lowest BCUT2D eigenvalue weighted by Gasteiger charge is -2.13. The van der Waals surface area contributed by atoms with Crippen LogP contribution in [0.2, 0.25) is 0 Å². The molecule has 276 valence electrons. The first kappa shape index (κ1) is 37.0. The van der Waals surface area contributed by atoms with Gasteiger partial charge < -0.3 is 0 Å². The smallest absolute Gasteiger partial charge is 0.160 e. The Bertz CT molecular complexity index is 2590. The quantitative estimate of drug-likeness (QED) is 0.0980. The van der Waals surface area contributed by atoms with Crippen LogP contribution in [-0.4, -0.2) is 15.7 Å². The Labute approximate surface area is 336 Å². The standard InChI is InChI=1S/C54H45N3/c1-3-41(42-16-8-4-9-17-42)36-51(47-20-12-6-13-21-47)39(2)55-38-40-24-26-44(27-25-40)46-30-34-49(35-31-46)53-37-52(56-54(57-53)50-22-14-7-15-23-50)48-32-28-45(29-33-48)43-18-10-5-11-19-43/h3,5-8,10-37H,4,9,38H2,1-2H3/b41-3+,51-36+,55-39+. The molecule has 1 aromatic heterocycles. The van der Waals surface area contributed by atoms with Crippen LogP contribution in [-0.2, 0) is 6.54 Å². The lowest BCUT2D eigenvalue weighted by molar-refractivity contribution is 1.02. The molecule has 1 aliphatic rings. The first-order chi connectivity index (χ1) is 28.1. The van der Waals surface area contributed by atoms with Crippen molar-refractivity contribution >= 4 is 11.3 Å². The lowest BCUT2D eigenvalue weighted by Crippen LogP contribution is -2.00. The molecule has 0 saturated heterocycles. The molecule has 0 spiro atoms. The van der Waals surface area contributed by atoms with Gasteiger partial charge in [0, 0.05) is 28.0 Å². The van der Waals surface area contributed by atoms with E-state index in [1.165, 1.54) is 33.4 Å². The Kier molecular flexibility index (Phi) is 11.5. The maximum absolute atomic E-state index is 5.10. The molecule has 3 nitrogen and oxygen atoms in total. The molecule has 1 heterocycles. The van der Waals surface area contributed by atoms with Crippen LogP contribution >= 0.6 is 0 Å². The van der Waals surface area contributed by atoms with E-state index in [9.17, 15) is 0 Å². The summed E-state index contributed by atoms with van der Waals surface area (Å²) in [7, 11) is 0. The minimum atomic E-state index is 0.609. The zero-order valence-electron chi connectivity index (χ0n) is 32.5. The van der Waals surface area contributed by atoms with Crippen molar-refractivity contribution in [3.05, 3.63) is 223 Å². The largest absolute Gasteiger partial charge is 0.285 e. The molecule has 0 N–H and O–H groups in total. The van der Waals surface area contributed by atoms with Gasteiger partial charge in [0.1, 0.15) is 0 Å². The molecule has 0 unspecified atom stereocenters. The van der Waals surface area contributed by atoms with E-state index < -0.39 is 0 Å². The van der Waals surface area contributed by atoms with Gasteiger partial charge >= 0.3 is 0 Å². The molecular weight excluding hydrogens is 691 g/mol. The number of benzene rings is 6. The molecule has 0 saturated carbocycles. The highest BCUT2D eigenvalue weighted by molar-refractivity contribution is 6.23. The minimum absolute atomic E-state index is 0.609. The number of hydrogen-bond donors (Lipinski definition) is 0. The van der Waals surface area contributed by atoms with Gasteiger partial charge in [-0.2, -0.15) is 0 Å². The van der Waals surface area contributed by atoms with Crippen molar-refractivity contribution in [1.82, 2.24) is 9.97 Å². The molecule has 6 aromatic carbocycles. The summed E-state index contributed by atoms with van der Waals surface area (Å²) >= 11 is 0. The maximum Gasteiger partial charge on any atom is 0.160 e. The topological polar surface area (TPSA) is 38.1 Å². The Hall–Kier alpha value is -6.97. The summed E-state index contributed by atoms with van der Waals surface area (Å²) in [5.74, 6) is 0.709. The molecule has 8 rings (SSSR count). The number of allylic oxidation sites excluding steroid dienone is 8. The zero-order valence-corrected chi connectivity index (χ0v) is 32.5. The molecule has 0 fully saturated rings. The van der Waals surface area contributed by atoms with Crippen LogP contribution in [0.5, 0.6) is 0 Å². The van der Waals surface area contributed by atoms with Gasteiger partial charge in [0.05, 0.1) is 17.9 Å². The van der Waals surface area contributed by atoms with Gasteiger partial charge in [0.15, 0.2) is 5.82 Å². The van der Waals surface area contributed by atoms with E-state index in [1.807, 2.05) is 24.3 Å². The molecular formula is C54H45N3. The average molecular weight is 736 g/mol. The van der Waals surface area contributed by atoms with Gasteiger partial charge in [-0.15, -0.1) is 0 Å². The van der Waals surface area contributed by atoms with Crippen molar-refractivity contribution in [3.8, 4) is 56.2 Å². The Morgan fingerprint density at radius 2 is 1.05 bits per heavy atom. The van der Waals surface area contributed by atoms with Crippen molar-refractivity contribution < 1.29 is 0 Å². The number of hydrogen-bond acceptors (Lipinski definition) is 3. The summed E-state index contributed by atoms with van der Waals surface area (Å²) in [6, 6.07) is 59.4. The van der Waals surface area contributed by atoms with Crippen molar-refractivity contribution in [1.29, 1.82) is 0 Å². The van der Waals surface area contributed by atoms with Gasteiger partial charge in [0.25, 0.3) is 0 Å². The fourth-order valence-electron chi connectivity index (χ4n) is 7.19.